The van der Waals surface area contributed by atoms with Crippen molar-refractivity contribution in [1.82, 2.24) is 19.5 Å². The van der Waals surface area contributed by atoms with Gasteiger partial charge in [0.05, 0.1) is 21.5 Å². The molecule has 170 valence electrons. The monoisotopic (exact) mass is 461 g/mol. The molecular formula is C21H15N7O6. The smallest absolute Gasteiger partial charge is 0.277 e. The molecule has 0 saturated carbocycles. The van der Waals surface area contributed by atoms with Gasteiger partial charge in [-0.25, -0.2) is 9.97 Å². The van der Waals surface area contributed by atoms with Crippen LogP contribution in [0.3, 0.4) is 0 Å². The maximum atomic E-state index is 12.5. The van der Waals surface area contributed by atoms with Crippen LogP contribution in [-0.2, 0) is 0 Å². The number of rotatable bonds is 7. The highest BCUT2D eigenvalue weighted by atomic mass is 16.6. The molecule has 0 bridgehead atoms. The summed E-state index contributed by atoms with van der Waals surface area (Å²) in [6.45, 7) is 1.73. The molecule has 2 aromatic heterocycles. The minimum Gasteiger partial charge on any atom is -0.439 e. The van der Waals surface area contributed by atoms with Crippen LogP contribution in [0, 0.1) is 27.2 Å². The first kappa shape index (κ1) is 22.0. The summed E-state index contributed by atoms with van der Waals surface area (Å²) in [6.07, 6.45) is 4.95. The maximum absolute atomic E-state index is 12.5. The molecule has 13 nitrogen and oxygen atoms in total. The summed E-state index contributed by atoms with van der Waals surface area (Å²) in [6, 6.07) is 10.6. The summed E-state index contributed by atoms with van der Waals surface area (Å²) >= 11 is 0. The fourth-order valence-corrected chi connectivity index (χ4v) is 2.97. The first-order valence-corrected chi connectivity index (χ1v) is 9.65. The predicted molar refractivity (Wildman–Crippen MR) is 118 cm³/mol. The fraction of sp³-hybridized carbons (Fsp3) is 0.0476. The normalized spacial score (nSPS) is 10.5. The van der Waals surface area contributed by atoms with Crippen LogP contribution in [0.25, 0.3) is 5.82 Å². The van der Waals surface area contributed by atoms with E-state index in [1.165, 1.54) is 0 Å². The summed E-state index contributed by atoms with van der Waals surface area (Å²) in [7, 11) is 0. The Morgan fingerprint density at radius 2 is 1.68 bits per heavy atom. The maximum Gasteiger partial charge on any atom is 0.277 e. The lowest BCUT2D eigenvalue weighted by atomic mass is 10.1. The summed E-state index contributed by atoms with van der Waals surface area (Å²) in [5, 5.41) is 24.6. The van der Waals surface area contributed by atoms with Crippen molar-refractivity contribution in [3.05, 3.63) is 98.9 Å². The summed E-state index contributed by atoms with van der Waals surface area (Å²) in [5.74, 6) is 1.07. The Bertz CT molecular complexity index is 1360. The summed E-state index contributed by atoms with van der Waals surface area (Å²) in [4.78, 5) is 45.5. The van der Waals surface area contributed by atoms with E-state index in [4.69, 9.17) is 4.74 Å². The lowest BCUT2D eigenvalue weighted by Crippen LogP contribution is -2.12. The topological polar surface area (TPSA) is 168 Å². The molecule has 34 heavy (non-hydrogen) atoms. The number of anilines is 1. The number of carbonyl (C=O) groups excluding carboxylic acids is 1. The number of ether oxygens (including phenoxy) is 1. The number of aromatic nitrogens is 4. The van der Waals surface area contributed by atoms with E-state index < -0.39 is 27.1 Å². The number of benzene rings is 2. The molecule has 13 heteroatoms. The number of nitrogens with one attached hydrogen (secondary N) is 1. The number of nitro benzene ring substituents is 2. The predicted octanol–water partition coefficient (Wildman–Crippen LogP) is 3.83. The zero-order chi connectivity index (χ0) is 24.2. The van der Waals surface area contributed by atoms with Crippen molar-refractivity contribution in [2.24, 2.45) is 0 Å². The lowest BCUT2D eigenvalue weighted by molar-refractivity contribution is -0.394. The zero-order valence-corrected chi connectivity index (χ0v) is 17.5. The molecule has 0 fully saturated rings. The molecule has 0 aliphatic heterocycles. The third kappa shape index (κ3) is 4.99. The van der Waals surface area contributed by atoms with Gasteiger partial charge in [0.15, 0.2) is 0 Å². The first-order chi connectivity index (χ1) is 16.3. The molecule has 1 N–H and O–H groups in total. The molecule has 0 spiro atoms. The van der Waals surface area contributed by atoms with Crippen molar-refractivity contribution >= 4 is 23.0 Å². The summed E-state index contributed by atoms with van der Waals surface area (Å²) < 4.78 is 7.49. The van der Waals surface area contributed by atoms with Crippen molar-refractivity contribution in [2.45, 2.75) is 6.92 Å². The largest absolute Gasteiger partial charge is 0.439 e. The first-order valence-electron chi connectivity index (χ1n) is 9.65. The number of hydrogen-bond acceptors (Lipinski definition) is 9. The van der Waals surface area contributed by atoms with Crippen molar-refractivity contribution < 1.29 is 19.4 Å². The SMILES string of the molecule is Cc1nc(Oc2ccc(NC(=O)c3cc([N+](=O)[O-])cc([N+](=O)[O-])c3)cc2)cc(-n2ccnc2)n1. The van der Waals surface area contributed by atoms with E-state index in [-0.39, 0.29) is 5.56 Å². The van der Waals surface area contributed by atoms with Crippen LogP contribution < -0.4 is 10.1 Å². The number of nitrogens with zero attached hydrogens (tertiary/aromatic N) is 6. The van der Waals surface area contributed by atoms with Gasteiger partial charge >= 0.3 is 0 Å². The molecule has 1 amide bonds. The van der Waals surface area contributed by atoms with Gasteiger partial charge in [0, 0.05) is 36.3 Å². The van der Waals surface area contributed by atoms with Gasteiger partial charge in [0.25, 0.3) is 17.3 Å². The van der Waals surface area contributed by atoms with E-state index in [1.807, 2.05) is 0 Å². The lowest BCUT2D eigenvalue weighted by Gasteiger charge is -2.09. The molecular weight excluding hydrogens is 446 g/mol. The molecule has 2 aromatic carbocycles. The van der Waals surface area contributed by atoms with E-state index in [2.05, 4.69) is 20.3 Å². The van der Waals surface area contributed by atoms with Gasteiger partial charge in [0.1, 0.15) is 23.7 Å². The van der Waals surface area contributed by atoms with Gasteiger partial charge in [-0.15, -0.1) is 0 Å². The second-order valence-electron chi connectivity index (χ2n) is 6.91. The average molecular weight is 461 g/mol. The van der Waals surface area contributed by atoms with Crippen molar-refractivity contribution in [3.8, 4) is 17.4 Å². The minimum absolute atomic E-state index is 0.218. The molecule has 4 rings (SSSR count). The van der Waals surface area contributed by atoms with E-state index in [1.54, 1.807) is 60.5 Å². The van der Waals surface area contributed by atoms with Crippen LogP contribution in [-0.4, -0.2) is 35.3 Å². The van der Waals surface area contributed by atoms with Crippen molar-refractivity contribution in [3.63, 3.8) is 0 Å². The number of carbonyl (C=O) groups is 1. The number of nitro groups is 2. The van der Waals surface area contributed by atoms with Crippen LogP contribution in [0.1, 0.15) is 16.2 Å². The Morgan fingerprint density at radius 1 is 1.00 bits per heavy atom. The number of imidazole rings is 1. The van der Waals surface area contributed by atoms with Gasteiger partial charge < -0.3 is 10.1 Å². The van der Waals surface area contributed by atoms with Crippen LogP contribution in [0.5, 0.6) is 11.6 Å². The Kier molecular flexibility index (Phi) is 5.90. The van der Waals surface area contributed by atoms with Crippen LogP contribution in [0.2, 0.25) is 0 Å². The van der Waals surface area contributed by atoms with Crippen molar-refractivity contribution in [1.29, 1.82) is 0 Å². The number of hydrogen-bond donors (Lipinski definition) is 1. The number of aryl methyl sites for hydroxylation is 1. The van der Waals surface area contributed by atoms with E-state index >= 15 is 0 Å². The molecule has 0 saturated heterocycles. The molecule has 4 aromatic rings. The molecule has 0 unspecified atom stereocenters. The van der Waals surface area contributed by atoms with Gasteiger partial charge in [0.2, 0.25) is 5.88 Å². The Hall–Kier alpha value is -5.20. The zero-order valence-electron chi connectivity index (χ0n) is 17.5. The van der Waals surface area contributed by atoms with Gasteiger partial charge in [-0.3, -0.25) is 29.6 Å². The van der Waals surface area contributed by atoms with Gasteiger partial charge in [-0.2, -0.15) is 4.98 Å². The standard InChI is InChI=1S/C21H15N7O6/c1-13-23-19(26-7-6-22-12-26)11-20(24-13)34-18-4-2-15(3-5-18)25-21(29)14-8-16(27(30)31)10-17(9-14)28(32)33/h2-12H,1H3,(H,25,29). The molecule has 0 aliphatic rings. The van der Waals surface area contributed by atoms with Gasteiger partial charge in [-0.1, -0.05) is 0 Å². The third-order valence-electron chi connectivity index (χ3n) is 4.49. The highest BCUT2D eigenvalue weighted by Crippen LogP contribution is 2.25. The fourth-order valence-electron chi connectivity index (χ4n) is 2.97. The quantitative estimate of drug-likeness (QED) is 0.317. The number of non-ortho nitro benzene ring substituents is 2. The van der Waals surface area contributed by atoms with Crippen LogP contribution in [0.15, 0.2) is 67.3 Å². The summed E-state index contributed by atoms with van der Waals surface area (Å²) in [5.41, 5.74) is -0.981. The van der Waals surface area contributed by atoms with Crippen molar-refractivity contribution in [2.75, 3.05) is 5.32 Å². The van der Waals surface area contributed by atoms with E-state index in [9.17, 15) is 25.0 Å². The van der Waals surface area contributed by atoms with E-state index in [0.29, 0.717) is 29.0 Å². The highest BCUT2D eigenvalue weighted by Gasteiger charge is 2.20. The highest BCUT2D eigenvalue weighted by molar-refractivity contribution is 6.05. The Morgan fingerprint density at radius 3 is 2.26 bits per heavy atom. The molecule has 0 aliphatic carbocycles. The molecule has 0 atom stereocenters. The van der Waals surface area contributed by atoms with Crippen LogP contribution in [0.4, 0.5) is 17.1 Å². The second kappa shape index (κ2) is 9.12. The second-order valence-corrected chi connectivity index (χ2v) is 6.91. The van der Waals surface area contributed by atoms with Crippen LogP contribution >= 0.6 is 0 Å². The minimum atomic E-state index is -0.803. The van der Waals surface area contributed by atoms with Gasteiger partial charge in [-0.05, 0) is 31.2 Å². The number of amides is 1. The Labute approximate surface area is 191 Å². The van der Waals surface area contributed by atoms with E-state index in [0.717, 1.165) is 18.2 Å². The molecule has 0 radical (unpaired) electrons. The molecule has 2 heterocycles. The Balaban J connectivity index is 1.49. The third-order valence-corrected chi connectivity index (χ3v) is 4.49. The average Bonchev–Trinajstić information content (AvgIpc) is 3.35.